The van der Waals surface area contributed by atoms with E-state index in [0.717, 1.165) is 17.8 Å². The predicted octanol–water partition coefficient (Wildman–Crippen LogP) is 10.3. The van der Waals surface area contributed by atoms with Gasteiger partial charge in [-0.25, -0.2) is 0 Å². The Morgan fingerprint density at radius 2 is 0.645 bits per heavy atom. The van der Waals surface area contributed by atoms with Gasteiger partial charge in [-0.2, -0.15) is 0 Å². The second kappa shape index (κ2) is 23.1. The van der Waals surface area contributed by atoms with E-state index in [1.54, 1.807) is 0 Å². The summed E-state index contributed by atoms with van der Waals surface area (Å²) in [5.41, 5.74) is 0. The van der Waals surface area contributed by atoms with Gasteiger partial charge in [-0.3, -0.25) is 0 Å². The quantitative estimate of drug-likeness (QED) is 0.136. The lowest BCUT2D eigenvalue weighted by atomic mass is 9.91. The van der Waals surface area contributed by atoms with Crippen molar-refractivity contribution in [1.29, 1.82) is 0 Å². The Morgan fingerprint density at radius 3 is 0.871 bits per heavy atom. The van der Waals surface area contributed by atoms with Crippen molar-refractivity contribution in [2.75, 3.05) is 19.6 Å². The molecule has 0 rings (SSSR count). The van der Waals surface area contributed by atoms with Crippen LogP contribution in [0.25, 0.3) is 0 Å². The summed E-state index contributed by atoms with van der Waals surface area (Å²) in [6.07, 6.45) is 25.4. The fourth-order valence-electron chi connectivity index (χ4n) is 5.57. The van der Waals surface area contributed by atoms with Gasteiger partial charge in [0.15, 0.2) is 0 Å². The lowest BCUT2D eigenvalue weighted by Crippen LogP contribution is -2.38. The van der Waals surface area contributed by atoms with Crippen LogP contribution in [0.5, 0.6) is 0 Å². The topological polar surface area (TPSA) is 3.24 Å². The van der Waals surface area contributed by atoms with Gasteiger partial charge in [0.2, 0.25) is 0 Å². The van der Waals surface area contributed by atoms with E-state index < -0.39 is 0 Å². The van der Waals surface area contributed by atoms with E-state index in [1.165, 1.54) is 135 Å². The van der Waals surface area contributed by atoms with Crippen molar-refractivity contribution in [3.8, 4) is 0 Å². The number of nitrogens with zero attached hydrogens (tertiary/aromatic N) is 1. The molecule has 0 aromatic carbocycles. The van der Waals surface area contributed by atoms with Crippen molar-refractivity contribution in [2.24, 2.45) is 17.8 Å². The second-order valence-electron chi connectivity index (χ2n) is 10.7. The van der Waals surface area contributed by atoms with Crippen molar-refractivity contribution in [3.63, 3.8) is 0 Å². The summed E-state index contributed by atoms with van der Waals surface area (Å²) in [5, 5.41) is 0. The average Bonchev–Trinajstić information content (AvgIpc) is 2.74. The number of hydrogen-bond donors (Lipinski definition) is 0. The van der Waals surface area contributed by atoms with Gasteiger partial charge in [0, 0.05) is 19.6 Å². The molecule has 0 aromatic rings. The smallest absolute Gasteiger partial charge is 0.000989 e. The minimum absolute atomic E-state index is 0.924. The highest BCUT2D eigenvalue weighted by Crippen LogP contribution is 2.24. The fraction of sp³-hybridized carbons (Fsp3) is 1.00. The first-order valence-electron chi connectivity index (χ1n) is 14.9. The first kappa shape index (κ1) is 31.0. The van der Waals surface area contributed by atoms with Gasteiger partial charge in [0.1, 0.15) is 0 Å². The van der Waals surface area contributed by atoms with Gasteiger partial charge in [0.25, 0.3) is 0 Å². The molecule has 188 valence electrons. The van der Waals surface area contributed by atoms with Gasteiger partial charge >= 0.3 is 0 Å². The summed E-state index contributed by atoms with van der Waals surface area (Å²) < 4.78 is 0. The van der Waals surface area contributed by atoms with Crippen LogP contribution in [0.2, 0.25) is 0 Å². The van der Waals surface area contributed by atoms with Gasteiger partial charge in [0.05, 0.1) is 0 Å². The Labute approximate surface area is 199 Å². The van der Waals surface area contributed by atoms with Crippen LogP contribution in [0.3, 0.4) is 0 Å². The summed E-state index contributed by atoms with van der Waals surface area (Å²) >= 11 is 0. The van der Waals surface area contributed by atoms with Crippen molar-refractivity contribution >= 4 is 0 Å². The Balaban J connectivity index is 5.17. The van der Waals surface area contributed by atoms with E-state index in [2.05, 4.69) is 46.4 Å². The number of unbranched alkanes of at least 4 members (excludes halogenated alkanes) is 6. The molecule has 0 saturated heterocycles. The zero-order valence-corrected chi connectivity index (χ0v) is 23.0. The van der Waals surface area contributed by atoms with Crippen molar-refractivity contribution in [1.82, 2.24) is 4.90 Å². The maximum Gasteiger partial charge on any atom is 0.000989 e. The van der Waals surface area contributed by atoms with Crippen LogP contribution in [0.1, 0.15) is 157 Å². The number of rotatable bonds is 24. The van der Waals surface area contributed by atoms with E-state index >= 15 is 0 Å². The van der Waals surface area contributed by atoms with E-state index in [9.17, 15) is 0 Å². The van der Waals surface area contributed by atoms with E-state index in [0.29, 0.717) is 0 Å². The molecule has 1 nitrogen and oxygen atoms in total. The monoisotopic (exact) mass is 437 g/mol. The highest BCUT2D eigenvalue weighted by Gasteiger charge is 2.21. The third kappa shape index (κ3) is 18.1. The molecule has 0 aliphatic carbocycles. The molecule has 0 saturated carbocycles. The lowest BCUT2D eigenvalue weighted by molar-refractivity contribution is 0.146. The maximum absolute atomic E-state index is 2.98. The largest absolute Gasteiger partial charge is 0.303 e. The molecule has 31 heavy (non-hydrogen) atoms. The Hall–Kier alpha value is -0.0400. The van der Waals surface area contributed by atoms with Crippen LogP contribution in [0.15, 0.2) is 0 Å². The average molecular weight is 438 g/mol. The van der Waals surface area contributed by atoms with Gasteiger partial charge in [-0.05, 0) is 56.3 Å². The van der Waals surface area contributed by atoms with Crippen LogP contribution >= 0.6 is 0 Å². The van der Waals surface area contributed by atoms with Crippen LogP contribution in [-0.2, 0) is 0 Å². The molecule has 0 aliphatic rings. The highest BCUT2D eigenvalue weighted by atomic mass is 15.1. The van der Waals surface area contributed by atoms with Crippen LogP contribution in [0, 0.1) is 17.8 Å². The normalized spacial score (nSPS) is 14.8. The van der Waals surface area contributed by atoms with E-state index in [-0.39, 0.29) is 0 Å². The molecule has 0 spiro atoms. The first-order chi connectivity index (χ1) is 15.1. The minimum atomic E-state index is 0.924. The Bertz CT molecular complexity index is 287. The maximum atomic E-state index is 2.98. The molecular weight excluding hydrogens is 374 g/mol. The second-order valence-corrected chi connectivity index (χ2v) is 10.7. The molecule has 0 fully saturated rings. The van der Waals surface area contributed by atoms with Gasteiger partial charge in [-0.1, -0.05) is 119 Å². The highest BCUT2D eigenvalue weighted by molar-refractivity contribution is 4.74. The van der Waals surface area contributed by atoms with Crippen LogP contribution < -0.4 is 0 Å². The minimum Gasteiger partial charge on any atom is -0.303 e. The molecular formula is C30H63N. The SMILES string of the molecule is CCCCCC(CCC)CN(CC(CCC)CCCCC)CC(CCC)CCCCC. The molecule has 0 N–H and O–H groups in total. The first-order valence-corrected chi connectivity index (χ1v) is 14.9. The van der Waals surface area contributed by atoms with Gasteiger partial charge in [-0.15, -0.1) is 0 Å². The summed E-state index contributed by atoms with van der Waals surface area (Å²) in [6.45, 7) is 18.3. The molecule has 3 unspecified atom stereocenters. The molecule has 0 aromatic heterocycles. The van der Waals surface area contributed by atoms with E-state index in [4.69, 9.17) is 0 Å². The predicted molar refractivity (Wildman–Crippen MR) is 144 cm³/mol. The summed E-state index contributed by atoms with van der Waals surface area (Å²) in [5.74, 6) is 2.77. The standard InChI is InChI=1S/C30H63N/c1-7-13-16-22-28(19-10-4)25-31(26-29(20-11-5)23-17-14-8-2)27-30(21-12-6)24-18-15-9-3/h28-30H,7-27H2,1-6H3. The molecule has 1 heteroatoms. The van der Waals surface area contributed by atoms with Gasteiger partial charge < -0.3 is 4.90 Å². The zero-order chi connectivity index (χ0) is 23.2. The molecule has 0 aliphatic heterocycles. The summed E-state index contributed by atoms with van der Waals surface area (Å²) in [7, 11) is 0. The zero-order valence-electron chi connectivity index (χ0n) is 23.0. The fourth-order valence-corrected chi connectivity index (χ4v) is 5.57. The third-order valence-electron chi connectivity index (χ3n) is 7.29. The molecule has 3 atom stereocenters. The lowest BCUT2D eigenvalue weighted by Gasteiger charge is -2.34. The summed E-state index contributed by atoms with van der Waals surface area (Å²) in [6, 6.07) is 0. The summed E-state index contributed by atoms with van der Waals surface area (Å²) in [4.78, 5) is 2.98. The van der Waals surface area contributed by atoms with Crippen LogP contribution in [-0.4, -0.2) is 24.5 Å². The Kier molecular flexibility index (Phi) is 23.1. The van der Waals surface area contributed by atoms with E-state index in [1.807, 2.05) is 0 Å². The number of hydrogen-bond acceptors (Lipinski definition) is 1. The van der Waals surface area contributed by atoms with Crippen molar-refractivity contribution in [3.05, 3.63) is 0 Å². The van der Waals surface area contributed by atoms with Crippen LogP contribution in [0.4, 0.5) is 0 Å². The molecule has 0 bridgehead atoms. The Morgan fingerprint density at radius 1 is 0.355 bits per heavy atom. The third-order valence-corrected chi connectivity index (χ3v) is 7.29. The van der Waals surface area contributed by atoms with Crippen molar-refractivity contribution < 1.29 is 0 Å². The van der Waals surface area contributed by atoms with Crippen molar-refractivity contribution in [2.45, 2.75) is 157 Å². The molecule has 0 amide bonds. The molecule has 0 heterocycles. The molecule has 0 radical (unpaired) electrons.